The summed E-state index contributed by atoms with van der Waals surface area (Å²) < 4.78 is 19.7. The number of hydrogen-bond donors (Lipinski definition) is 1. The molecule has 2 nitrogen and oxygen atoms in total. The highest BCUT2D eigenvalue weighted by atomic mass is 19.1. The van der Waals surface area contributed by atoms with Crippen molar-refractivity contribution in [3.63, 3.8) is 0 Å². The summed E-state index contributed by atoms with van der Waals surface area (Å²) in [5.74, 6) is 1.33. The minimum Gasteiger partial charge on any atom is -0.459 e. The first-order chi connectivity index (χ1) is 8.70. The fourth-order valence-corrected chi connectivity index (χ4v) is 2.55. The number of hydrogen-bond acceptors (Lipinski definition) is 2. The van der Waals surface area contributed by atoms with Gasteiger partial charge in [0.25, 0.3) is 0 Å². The van der Waals surface area contributed by atoms with Crippen molar-refractivity contribution < 1.29 is 8.81 Å². The number of benzene rings is 1. The Morgan fingerprint density at radius 3 is 2.83 bits per heavy atom. The van der Waals surface area contributed by atoms with Crippen molar-refractivity contribution in [3.05, 3.63) is 35.3 Å². The van der Waals surface area contributed by atoms with Gasteiger partial charge in [0.05, 0.1) is 11.4 Å². The average Bonchev–Trinajstić information content (AvgIpc) is 3.09. The Balaban J connectivity index is 2.06. The number of furan rings is 1. The van der Waals surface area contributed by atoms with Gasteiger partial charge < -0.3 is 9.73 Å². The molecule has 0 radical (unpaired) electrons. The smallest absolute Gasteiger partial charge is 0.140 e. The van der Waals surface area contributed by atoms with Gasteiger partial charge in [-0.1, -0.05) is 13.0 Å². The van der Waals surface area contributed by atoms with E-state index in [1.54, 1.807) is 6.07 Å². The standard InChI is InChI=1S/C15H18FNO/c1-3-17-14(10-5-6-10)13-8-11-12(16)7-4-9(2)15(11)18-13/h4,7-8,10,14,17H,3,5-6H2,1-2H3. The van der Waals surface area contributed by atoms with Crippen LogP contribution in [0.15, 0.2) is 22.6 Å². The Morgan fingerprint density at radius 1 is 1.44 bits per heavy atom. The summed E-state index contributed by atoms with van der Waals surface area (Å²) in [5, 5.41) is 4.05. The van der Waals surface area contributed by atoms with Crippen LogP contribution in [0, 0.1) is 18.7 Å². The topological polar surface area (TPSA) is 25.2 Å². The number of halogens is 1. The van der Waals surface area contributed by atoms with Gasteiger partial charge in [0.2, 0.25) is 0 Å². The molecule has 1 fully saturated rings. The van der Waals surface area contributed by atoms with Crippen molar-refractivity contribution in [2.45, 2.75) is 32.7 Å². The van der Waals surface area contributed by atoms with E-state index in [0.29, 0.717) is 16.9 Å². The monoisotopic (exact) mass is 247 g/mol. The molecule has 3 heteroatoms. The molecule has 1 N–H and O–H groups in total. The van der Waals surface area contributed by atoms with Crippen LogP contribution in [0.5, 0.6) is 0 Å². The summed E-state index contributed by atoms with van der Waals surface area (Å²) in [4.78, 5) is 0. The van der Waals surface area contributed by atoms with Gasteiger partial charge >= 0.3 is 0 Å². The van der Waals surface area contributed by atoms with Crippen molar-refractivity contribution in [1.82, 2.24) is 5.32 Å². The van der Waals surface area contributed by atoms with Gasteiger partial charge in [-0.2, -0.15) is 0 Å². The maximum Gasteiger partial charge on any atom is 0.140 e. The molecule has 1 unspecified atom stereocenters. The maximum absolute atomic E-state index is 13.8. The molecule has 1 aliphatic carbocycles. The van der Waals surface area contributed by atoms with Gasteiger partial charge in [-0.05, 0) is 49.9 Å². The molecule has 1 aliphatic rings. The van der Waals surface area contributed by atoms with E-state index in [0.717, 1.165) is 17.9 Å². The van der Waals surface area contributed by atoms with Crippen LogP contribution in [-0.4, -0.2) is 6.54 Å². The summed E-state index contributed by atoms with van der Waals surface area (Å²) >= 11 is 0. The first kappa shape index (κ1) is 11.7. The molecule has 0 amide bonds. The zero-order chi connectivity index (χ0) is 12.7. The van der Waals surface area contributed by atoms with E-state index in [4.69, 9.17) is 4.42 Å². The average molecular weight is 247 g/mol. The first-order valence-corrected chi connectivity index (χ1v) is 6.62. The van der Waals surface area contributed by atoms with Crippen molar-refractivity contribution >= 4 is 11.0 Å². The van der Waals surface area contributed by atoms with Crippen LogP contribution in [-0.2, 0) is 0 Å². The lowest BCUT2D eigenvalue weighted by molar-refractivity contribution is 0.403. The Hall–Kier alpha value is -1.35. The minimum absolute atomic E-state index is 0.198. The predicted octanol–water partition coefficient (Wildman–Crippen LogP) is 3.94. The van der Waals surface area contributed by atoms with Crippen LogP contribution in [0.2, 0.25) is 0 Å². The molecular weight excluding hydrogens is 229 g/mol. The van der Waals surface area contributed by atoms with E-state index < -0.39 is 0 Å². The third kappa shape index (κ3) is 1.93. The van der Waals surface area contributed by atoms with E-state index in [1.807, 2.05) is 13.0 Å². The second kappa shape index (κ2) is 4.39. The highest BCUT2D eigenvalue weighted by Crippen LogP contribution is 2.42. The van der Waals surface area contributed by atoms with Crippen molar-refractivity contribution in [2.75, 3.05) is 6.54 Å². The van der Waals surface area contributed by atoms with Gasteiger partial charge in [0.15, 0.2) is 0 Å². The van der Waals surface area contributed by atoms with E-state index in [1.165, 1.54) is 18.9 Å². The normalized spacial score (nSPS) is 17.3. The Labute approximate surface area is 106 Å². The van der Waals surface area contributed by atoms with Crippen LogP contribution in [0.1, 0.15) is 37.1 Å². The third-order valence-corrected chi connectivity index (χ3v) is 3.67. The van der Waals surface area contributed by atoms with Crippen LogP contribution in [0.25, 0.3) is 11.0 Å². The van der Waals surface area contributed by atoms with Gasteiger partial charge in [-0.3, -0.25) is 0 Å². The molecule has 0 bridgehead atoms. The minimum atomic E-state index is -0.198. The van der Waals surface area contributed by atoms with Crippen LogP contribution in [0.3, 0.4) is 0 Å². The molecule has 18 heavy (non-hydrogen) atoms. The molecule has 1 heterocycles. The SMILES string of the molecule is CCNC(c1cc2c(F)ccc(C)c2o1)C1CC1. The highest BCUT2D eigenvalue weighted by Gasteiger charge is 2.34. The molecule has 1 atom stereocenters. The number of aryl methyl sites for hydroxylation is 1. The molecule has 0 spiro atoms. The molecule has 2 aromatic rings. The summed E-state index contributed by atoms with van der Waals surface area (Å²) in [7, 11) is 0. The number of fused-ring (bicyclic) bond motifs is 1. The van der Waals surface area contributed by atoms with E-state index in [9.17, 15) is 4.39 Å². The van der Waals surface area contributed by atoms with E-state index in [2.05, 4.69) is 12.2 Å². The van der Waals surface area contributed by atoms with Gasteiger partial charge in [0.1, 0.15) is 17.2 Å². The lowest BCUT2D eigenvalue weighted by Gasteiger charge is -2.13. The van der Waals surface area contributed by atoms with E-state index >= 15 is 0 Å². The second-order valence-electron chi connectivity index (χ2n) is 5.13. The first-order valence-electron chi connectivity index (χ1n) is 6.62. The molecular formula is C15H18FNO. The van der Waals surface area contributed by atoms with Crippen LogP contribution < -0.4 is 5.32 Å². The predicted molar refractivity (Wildman–Crippen MR) is 70.1 cm³/mol. The lowest BCUT2D eigenvalue weighted by Crippen LogP contribution is -2.21. The Kier molecular flexibility index (Phi) is 2.86. The molecule has 0 aliphatic heterocycles. The molecule has 1 saturated carbocycles. The second-order valence-corrected chi connectivity index (χ2v) is 5.13. The van der Waals surface area contributed by atoms with Crippen molar-refractivity contribution in [3.8, 4) is 0 Å². The largest absolute Gasteiger partial charge is 0.459 e. The van der Waals surface area contributed by atoms with Gasteiger partial charge in [-0.25, -0.2) is 4.39 Å². The molecule has 1 aromatic carbocycles. The van der Waals surface area contributed by atoms with Gasteiger partial charge in [-0.15, -0.1) is 0 Å². The van der Waals surface area contributed by atoms with Crippen molar-refractivity contribution in [1.29, 1.82) is 0 Å². The lowest BCUT2D eigenvalue weighted by atomic mass is 10.1. The Bertz CT molecular complexity index is 532. The fourth-order valence-electron chi connectivity index (χ4n) is 2.55. The third-order valence-electron chi connectivity index (χ3n) is 3.67. The summed E-state index contributed by atoms with van der Waals surface area (Å²) in [6, 6.07) is 5.38. The number of rotatable bonds is 4. The fraction of sp³-hybridized carbons (Fsp3) is 0.467. The molecule has 1 aromatic heterocycles. The maximum atomic E-state index is 13.8. The molecule has 96 valence electrons. The number of nitrogens with one attached hydrogen (secondary N) is 1. The summed E-state index contributed by atoms with van der Waals surface area (Å²) in [6.07, 6.45) is 2.46. The Morgan fingerprint density at radius 2 is 2.22 bits per heavy atom. The zero-order valence-corrected chi connectivity index (χ0v) is 10.8. The van der Waals surface area contributed by atoms with Crippen molar-refractivity contribution in [2.24, 2.45) is 5.92 Å². The van der Waals surface area contributed by atoms with Gasteiger partial charge in [0, 0.05) is 0 Å². The van der Waals surface area contributed by atoms with Crippen LogP contribution >= 0.6 is 0 Å². The molecule has 3 rings (SSSR count). The summed E-state index contributed by atoms with van der Waals surface area (Å²) in [5.41, 5.74) is 1.68. The molecule has 0 saturated heterocycles. The zero-order valence-electron chi connectivity index (χ0n) is 10.8. The quantitative estimate of drug-likeness (QED) is 0.885. The highest BCUT2D eigenvalue weighted by molar-refractivity contribution is 5.81. The van der Waals surface area contributed by atoms with Crippen LogP contribution in [0.4, 0.5) is 4.39 Å². The van der Waals surface area contributed by atoms with E-state index in [-0.39, 0.29) is 11.9 Å². The summed E-state index contributed by atoms with van der Waals surface area (Å²) in [6.45, 7) is 4.94.